The van der Waals surface area contributed by atoms with Gasteiger partial charge in [0.15, 0.2) is 0 Å². The lowest BCUT2D eigenvalue weighted by molar-refractivity contribution is -0.117. The van der Waals surface area contributed by atoms with E-state index in [9.17, 15) is 13.2 Å². The number of hydrogen-bond donors (Lipinski definition) is 2. The fraction of sp³-hybridized carbons (Fsp3) is 0.278. The Kier molecular flexibility index (Phi) is 6.63. The van der Waals surface area contributed by atoms with E-state index in [0.29, 0.717) is 23.1 Å². The Hall–Kier alpha value is -2.09. The molecule has 0 unspecified atom stereocenters. The Morgan fingerprint density at radius 2 is 1.85 bits per heavy atom. The van der Waals surface area contributed by atoms with Crippen molar-refractivity contribution in [2.45, 2.75) is 31.7 Å². The average molecular weight is 397 g/mol. The molecule has 2 N–H and O–H groups in total. The molecule has 140 valence electrons. The van der Waals surface area contributed by atoms with E-state index in [1.165, 1.54) is 19.1 Å². The maximum atomic E-state index is 12.4. The number of rotatable bonds is 7. The number of amides is 1. The minimum atomic E-state index is -3.84. The van der Waals surface area contributed by atoms with Crippen LogP contribution >= 0.6 is 11.6 Å². The van der Waals surface area contributed by atoms with E-state index in [2.05, 4.69) is 10.0 Å². The molecular weight excluding hydrogens is 376 g/mol. The fourth-order valence-corrected chi connectivity index (χ4v) is 3.54. The Morgan fingerprint density at radius 1 is 1.19 bits per heavy atom. The van der Waals surface area contributed by atoms with Crippen LogP contribution in [-0.2, 0) is 14.8 Å². The summed E-state index contributed by atoms with van der Waals surface area (Å²) in [6.07, 6.45) is 0. The highest BCUT2D eigenvalue weighted by atomic mass is 35.5. The maximum Gasteiger partial charge on any atom is 0.242 e. The molecule has 2 rings (SSSR count). The number of ether oxygens (including phenoxy) is 1. The summed E-state index contributed by atoms with van der Waals surface area (Å²) >= 11 is 6.03. The van der Waals surface area contributed by atoms with Gasteiger partial charge >= 0.3 is 0 Å². The first-order chi connectivity index (χ1) is 12.2. The zero-order valence-corrected chi connectivity index (χ0v) is 16.3. The van der Waals surface area contributed by atoms with Gasteiger partial charge in [0.05, 0.1) is 17.5 Å². The lowest BCUT2D eigenvalue weighted by Crippen LogP contribution is -2.41. The van der Waals surface area contributed by atoms with Gasteiger partial charge in [0.1, 0.15) is 5.75 Å². The molecule has 1 amide bonds. The van der Waals surface area contributed by atoms with Crippen molar-refractivity contribution in [2.24, 2.45) is 0 Å². The van der Waals surface area contributed by atoms with Crippen molar-refractivity contribution in [3.63, 3.8) is 0 Å². The summed E-state index contributed by atoms with van der Waals surface area (Å²) in [7, 11) is -3.84. The van der Waals surface area contributed by atoms with E-state index in [0.717, 1.165) is 5.56 Å². The second kappa shape index (κ2) is 8.53. The number of nitrogens with one attached hydrogen (secondary N) is 2. The summed E-state index contributed by atoms with van der Waals surface area (Å²) in [5.41, 5.74) is 1.38. The van der Waals surface area contributed by atoms with Gasteiger partial charge in [-0.2, -0.15) is 4.72 Å². The van der Waals surface area contributed by atoms with Crippen molar-refractivity contribution >= 4 is 33.2 Å². The third-order valence-electron chi connectivity index (χ3n) is 3.61. The van der Waals surface area contributed by atoms with Crippen molar-refractivity contribution in [1.82, 2.24) is 4.72 Å². The Labute approximate surface area is 158 Å². The van der Waals surface area contributed by atoms with Crippen LogP contribution < -0.4 is 14.8 Å². The molecule has 0 fully saturated rings. The summed E-state index contributed by atoms with van der Waals surface area (Å²) in [6, 6.07) is 10.1. The Balaban J connectivity index is 2.05. The number of carbonyl (C=O) groups excluding carboxylic acids is 1. The first kappa shape index (κ1) is 20.2. The van der Waals surface area contributed by atoms with Crippen molar-refractivity contribution in [3.05, 3.63) is 53.1 Å². The molecule has 0 saturated carbocycles. The number of benzene rings is 2. The quantitative estimate of drug-likeness (QED) is 0.751. The lowest BCUT2D eigenvalue weighted by atomic mass is 10.2. The smallest absolute Gasteiger partial charge is 0.242 e. The molecule has 2 aromatic rings. The van der Waals surface area contributed by atoms with E-state index < -0.39 is 22.0 Å². The molecule has 8 heteroatoms. The molecule has 0 heterocycles. The highest BCUT2D eigenvalue weighted by Gasteiger charge is 2.22. The van der Waals surface area contributed by atoms with Gasteiger partial charge in [-0.05, 0) is 62.7 Å². The van der Waals surface area contributed by atoms with E-state index >= 15 is 0 Å². The van der Waals surface area contributed by atoms with E-state index in [-0.39, 0.29) is 4.90 Å². The van der Waals surface area contributed by atoms with Crippen LogP contribution in [0, 0.1) is 6.92 Å². The largest absolute Gasteiger partial charge is 0.494 e. The van der Waals surface area contributed by atoms with Gasteiger partial charge in [0, 0.05) is 10.7 Å². The molecule has 0 radical (unpaired) electrons. The first-order valence-electron chi connectivity index (χ1n) is 8.05. The zero-order chi connectivity index (χ0) is 19.3. The van der Waals surface area contributed by atoms with Gasteiger partial charge in [-0.1, -0.05) is 17.7 Å². The third kappa shape index (κ3) is 5.20. The van der Waals surface area contributed by atoms with E-state index in [1.54, 1.807) is 30.3 Å². The lowest BCUT2D eigenvalue weighted by Gasteiger charge is -2.15. The monoisotopic (exact) mass is 396 g/mol. The molecule has 2 aromatic carbocycles. The van der Waals surface area contributed by atoms with Crippen LogP contribution in [0.15, 0.2) is 47.4 Å². The SMILES string of the molecule is CCOc1ccc(S(=O)(=O)N[C@H](C)C(=O)Nc2ccc(C)c(Cl)c2)cc1. The normalized spacial score (nSPS) is 12.5. The molecule has 0 aliphatic rings. The van der Waals surface area contributed by atoms with Crippen molar-refractivity contribution in [1.29, 1.82) is 0 Å². The van der Waals surface area contributed by atoms with Crippen LogP contribution in [-0.4, -0.2) is 27.0 Å². The first-order valence-corrected chi connectivity index (χ1v) is 9.91. The highest BCUT2D eigenvalue weighted by Crippen LogP contribution is 2.20. The highest BCUT2D eigenvalue weighted by molar-refractivity contribution is 7.89. The molecule has 0 bridgehead atoms. The summed E-state index contributed by atoms with van der Waals surface area (Å²) < 4.78 is 32.5. The second-order valence-electron chi connectivity index (χ2n) is 5.70. The van der Waals surface area contributed by atoms with E-state index in [4.69, 9.17) is 16.3 Å². The average Bonchev–Trinajstić information content (AvgIpc) is 2.58. The number of aryl methyl sites for hydroxylation is 1. The predicted octanol–water partition coefficient (Wildman–Crippen LogP) is 3.35. The number of sulfonamides is 1. The topological polar surface area (TPSA) is 84.5 Å². The maximum absolute atomic E-state index is 12.4. The van der Waals surface area contributed by atoms with E-state index in [1.807, 2.05) is 13.8 Å². The van der Waals surface area contributed by atoms with Crippen LogP contribution in [0.1, 0.15) is 19.4 Å². The second-order valence-corrected chi connectivity index (χ2v) is 7.82. The number of anilines is 1. The summed E-state index contributed by atoms with van der Waals surface area (Å²) in [5, 5.41) is 3.16. The fourth-order valence-electron chi connectivity index (χ4n) is 2.16. The zero-order valence-electron chi connectivity index (χ0n) is 14.7. The minimum absolute atomic E-state index is 0.0546. The van der Waals surface area contributed by atoms with Crippen LogP contribution in [0.4, 0.5) is 5.69 Å². The van der Waals surface area contributed by atoms with Crippen molar-refractivity contribution < 1.29 is 17.9 Å². The molecular formula is C18H21ClN2O4S. The Bertz CT molecular complexity index is 883. The number of hydrogen-bond acceptors (Lipinski definition) is 4. The van der Waals surface area contributed by atoms with Gasteiger partial charge in [0.2, 0.25) is 15.9 Å². The van der Waals surface area contributed by atoms with Crippen LogP contribution in [0.5, 0.6) is 5.75 Å². The van der Waals surface area contributed by atoms with Crippen LogP contribution in [0.3, 0.4) is 0 Å². The summed E-state index contributed by atoms with van der Waals surface area (Å²) in [4.78, 5) is 12.3. The van der Waals surface area contributed by atoms with Crippen LogP contribution in [0.2, 0.25) is 5.02 Å². The minimum Gasteiger partial charge on any atom is -0.494 e. The van der Waals surface area contributed by atoms with Gasteiger partial charge in [-0.15, -0.1) is 0 Å². The molecule has 0 aliphatic carbocycles. The van der Waals surface area contributed by atoms with Gasteiger partial charge in [-0.3, -0.25) is 4.79 Å². The van der Waals surface area contributed by atoms with Crippen LogP contribution in [0.25, 0.3) is 0 Å². The Morgan fingerprint density at radius 3 is 2.42 bits per heavy atom. The third-order valence-corrected chi connectivity index (χ3v) is 5.57. The molecule has 0 saturated heterocycles. The standard InChI is InChI=1S/C18H21ClN2O4S/c1-4-25-15-7-9-16(10-8-15)26(23,24)21-13(3)18(22)20-14-6-5-12(2)17(19)11-14/h5-11,13,21H,4H2,1-3H3,(H,20,22)/t13-/m1/s1. The molecule has 1 atom stereocenters. The van der Waals surface area contributed by atoms with Gasteiger partial charge < -0.3 is 10.1 Å². The van der Waals surface area contributed by atoms with Crippen molar-refractivity contribution in [2.75, 3.05) is 11.9 Å². The summed E-state index contributed by atoms with van der Waals surface area (Å²) in [6.45, 7) is 5.65. The van der Waals surface area contributed by atoms with Crippen molar-refractivity contribution in [3.8, 4) is 5.75 Å². The molecule has 26 heavy (non-hydrogen) atoms. The molecule has 6 nitrogen and oxygen atoms in total. The summed E-state index contributed by atoms with van der Waals surface area (Å²) in [5.74, 6) is 0.0907. The van der Waals surface area contributed by atoms with Gasteiger partial charge in [0.25, 0.3) is 0 Å². The predicted molar refractivity (Wildman–Crippen MR) is 102 cm³/mol. The molecule has 0 spiro atoms. The molecule has 0 aromatic heterocycles. The van der Waals surface area contributed by atoms with Gasteiger partial charge in [-0.25, -0.2) is 8.42 Å². The number of carbonyl (C=O) groups is 1. The number of halogens is 1. The molecule has 0 aliphatic heterocycles.